The van der Waals surface area contributed by atoms with Crippen LogP contribution >= 0.6 is 11.6 Å². The molecule has 0 amide bonds. The van der Waals surface area contributed by atoms with E-state index >= 15 is 0 Å². The maximum atomic E-state index is 11.2. The predicted molar refractivity (Wildman–Crippen MR) is 75.7 cm³/mol. The van der Waals surface area contributed by atoms with Gasteiger partial charge in [0.2, 0.25) is 0 Å². The van der Waals surface area contributed by atoms with Gasteiger partial charge in [0.15, 0.2) is 5.69 Å². The molecule has 0 spiro atoms. The Kier molecular flexibility index (Phi) is 4.42. The first-order valence-electron chi connectivity index (χ1n) is 6.22. The molecule has 2 N–H and O–H groups in total. The van der Waals surface area contributed by atoms with E-state index < -0.39 is 5.97 Å². The molecule has 1 aromatic carbocycles. The summed E-state index contributed by atoms with van der Waals surface area (Å²) in [5.74, 6) is -1.07. The van der Waals surface area contributed by atoms with E-state index in [2.05, 4.69) is 5.10 Å². The highest BCUT2D eigenvalue weighted by molar-refractivity contribution is 6.31. The van der Waals surface area contributed by atoms with Crippen LogP contribution in [0.1, 0.15) is 28.0 Å². The molecule has 0 fully saturated rings. The number of aliphatic hydroxyl groups excluding tert-OH is 1. The highest BCUT2D eigenvalue weighted by atomic mass is 35.5. The minimum Gasteiger partial charge on any atom is -0.476 e. The van der Waals surface area contributed by atoms with Gasteiger partial charge in [-0.15, -0.1) is 0 Å². The summed E-state index contributed by atoms with van der Waals surface area (Å²) < 4.78 is 1.50. The SMILES string of the molecule is Cc1ccc(-n2cc(CCCO)c(C(=O)O)n2)cc1Cl. The van der Waals surface area contributed by atoms with Crippen LogP contribution in [0.5, 0.6) is 0 Å². The smallest absolute Gasteiger partial charge is 0.356 e. The first-order chi connectivity index (χ1) is 9.52. The summed E-state index contributed by atoms with van der Waals surface area (Å²) in [6.07, 6.45) is 2.64. The molecule has 0 aliphatic heterocycles. The lowest BCUT2D eigenvalue weighted by atomic mass is 10.1. The van der Waals surface area contributed by atoms with Crippen molar-refractivity contribution in [2.24, 2.45) is 0 Å². The van der Waals surface area contributed by atoms with Crippen LogP contribution in [0.25, 0.3) is 5.69 Å². The van der Waals surface area contributed by atoms with Gasteiger partial charge in [-0.05, 0) is 37.5 Å². The van der Waals surface area contributed by atoms with E-state index in [0.29, 0.717) is 29.1 Å². The first kappa shape index (κ1) is 14.6. The van der Waals surface area contributed by atoms with Crippen LogP contribution in [-0.2, 0) is 6.42 Å². The zero-order chi connectivity index (χ0) is 14.7. The Morgan fingerprint density at radius 1 is 1.45 bits per heavy atom. The number of carboxylic acid groups (broad SMARTS) is 1. The van der Waals surface area contributed by atoms with Crippen LogP contribution in [-0.4, -0.2) is 32.6 Å². The third-order valence-corrected chi connectivity index (χ3v) is 3.42. The number of aliphatic hydroxyl groups is 1. The van der Waals surface area contributed by atoms with Crippen molar-refractivity contribution in [3.05, 3.63) is 46.2 Å². The summed E-state index contributed by atoms with van der Waals surface area (Å²) in [5.41, 5.74) is 2.26. The summed E-state index contributed by atoms with van der Waals surface area (Å²) in [6.45, 7) is 1.91. The number of aromatic carboxylic acids is 1. The second kappa shape index (κ2) is 6.07. The molecule has 6 heteroatoms. The molecule has 5 nitrogen and oxygen atoms in total. The Hall–Kier alpha value is -1.85. The number of aromatic nitrogens is 2. The van der Waals surface area contributed by atoms with Crippen molar-refractivity contribution < 1.29 is 15.0 Å². The summed E-state index contributed by atoms with van der Waals surface area (Å²) in [5, 5.41) is 22.7. The fraction of sp³-hybridized carbons (Fsp3) is 0.286. The van der Waals surface area contributed by atoms with Crippen LogP contribution in [0, 0.1) is 6.92 Å². The number of rotatable bonds is 5. The van der Waals surface area contributed by atoms with Crippen molar-refractivity contribution in [2.75, 3.05) is 6.61 Å². The van der Waals surface area contributed by atoms with Gasteiger partial charge in [-0.3, -0.25) is 0 Å². The van der Waals surface area contributed by atoms with Crippen LogP contribution < -0.4 is 0 Å². The molecule has 2 rings (SSSR count). The Labute approximate surface area is 121 Å². The average Bonchev–Trinajstić information content (AvgIpc) is 2.84. The van der Waals surface area contributed by atoms with Gasteiger partial charge in [0.1, 0.15) is 0 Å². The molecule has 0 radical (unpaired) electrons. The summed E-state index contributed by atoms with van der Waals surface area (Å²) >= 11 is 6.07. The summed E-state index contributed by atoms with van der Waals surface area (Å²) in [7, 11) is 0. The highest BCUT2D eigenvalue weighted by Crippen LogP contribution is 2.20. The molecule has 1 heterocycles. The van der Waals surface area contributed by atoms with Gasteiger partial charge in [0.25, 0.3) is 0 Å². The number of hydrogen-bond donors (Lipinski definition) is 2. The number of benzene rings is 1. The number of hydrogen-bond acceptors (Lipinski definition) is 3. The monoisotopic (exact) mass is 294 g/mol. The first-order valence-corrected chi connectivity index (χ1v) is 6.60. The lowest BCUT2D eigenvalue weighted by Gasteiger charge is -2.03. The van der Waals surface area contributed by atoms with Crippen molar-refractivity contribution in [2.45, 2.75) is 19.8 Å². The van der Waals surface area contributed by atoms with Crippen molar-refractivity contribution in [3.63, 3.8) is 0 Å². The third-order valence-electron chi connectivity index (χ3n) is 3.02. The predicted octanol–water partition coefficient (Wildman–Crippen LogP) is 2.46. The molecule has 106 valence electrons. The van der Waals surface area contributed by atoms with Gasteiger partial charge >= 0.3 is 5.97 Å². The molecular formula is C14H15ClN2O3. The fourth-order valence-electron chi connectivity index (χ4n) is 1.90. The van der Waals surface area contributed by atoms with E-state index in [0.717, 1.165) is 5.56 Å². The van der Waals surface area contributed by atoms with Gasteiger partial charge in [-0.1, -0.05) is 17.7 Å². The lowest BCUT2D eigenvalue weighted by Crippen LogP contribution is -2.03. The molecule has 0 aliphatic rings. The number of nitrogens with zero attached hydrogens (tertiary/aromatic N) is 2. The van der Waals surface area contributed by atoms with Crippen molar-refractivity contribution in [1.29, 1.82) is 0 Å². The van der Waals surface area contributed by atoms with E-state index in [9.17, 15) is 4.79 Å². The minimum atomic E-state index is -1.07. The largest absolute Gasteiger partial charge is 0.476 e. The molecule has 20 heavy (non-hydrogen) atoms. The Bertz CT molecular complexity index is 637. The normalized spacial score (nSPS) is 10.8. The van der Waals surface area contributed by atoms with Crippen LogP contribution in [0.4, 0.5) is 0 Å². The lowest BCUT2D eigenvalue weighted by molar-refractivity contribution is 0.0688. The van der Waals surface area contributed by atoms with Gasteiger partial charge in [-0.25, -0.2) is 9.48 Å². The van der Waals surface area contributed by atoms with Gasteiger partial charge < -0.3 is 10.2 Å². The van der Waals surface area contributed by atoms with Crippen molar-refractivity contribution in [1.82, 2.24) is 9.78 Å². The van der Waals surface area contributed by atoms with E-state index in [1.165, 1.54) is 4.68 Å². The second-order valence-corrected chi connectivity index (χ2v) is 4.92. The molecule has 0 unspecified atom stereocenters. The Balaban J connectivity index is 2.41. The summed E-state index contributed by atoms with van der Waals surface area (Å²) in [6, 6.07) is 5.42. The second-order valence-electron chi connectivity index (χ2n) is 4.51. The van der Waals surface area contributed by atoms with E-state index in [1.807, 2.05) is 19.1 Å². The average molecular weight is 295 g/mol. The zero-order valence-electron chi connectivity index (χ0n) is 11.0. The van der Waals surface area contributed by atoms with Crippen molar-refractivity contribution >= 4 is 17.6 Å². The highest BCUT2D eigenvalue weighted by Gasteiger charge is 2.16. The summed E-state index contributed by atoms with van der Waals surface area (Å²) in [4.78, 5) is 11.2. The van der Waals surface area contributed by atoms with Gasteiger partial charge in [-0.2, -0.15) is 5.10 Å². The third kappa shape index (κ3) is 3.00. The molecule has 0 atom stereocenters. The van der Waals surface area contributed by atoms with E-state index in [-0.39, 0.29) is 12.3 Å². The fourth-order valence-corrected chi connectivity index (χ4v) is 2.07. The van der Waals surface area contributed by atoms with Crippen LogP contribution in [0.3, 0.4) is 0 Å². The molecule has 0 saturated carbocycles. The minimum absolute atomic E-state index is 0.00940. The number of carboxylic acids is 1. The van der Waals surface area contributed by atoms with Gasteiger partial charge in [0, 0.05) is 23.4 Å². The molecule has 2 aromatic rings. The zero-order valence-corrected chi connectivity index (χ0v) is 11.8. The number of carbonyl (C=O) groups is 1. The van der Waals surface area contributed by atoms with Crippen molar-refractivity contribution in [3.8, 4) is 5.69 Å². The maximum Gasteiger partial charge on any atom is 0.356 e. The molecular weight excluding hydrogens is 280 g/mol. The van der Waals surface area contributed by atoms with E-state index in [4.69, 9.17) is 21.8 Å². The Morgan fingerprint density at radius 2 is 2.20 bits per heavy atom. The van der Waals surface area contributed by atoms with E-state index in [1.54, 1.807) is 12.3 Å². The molecule has 0 bridgehead atoms. The number of aryl methyl sites for hydroxylation is 2. The van der Waals surface area contributed by atoms with Crippen LogP contribution in [0.15, 0.2) is 24.4 Å². The topological polar surface area (TPSA) is 75.4 Å². The molecule has 0 aliphatic carbocycles. The number of halogens is 1. The molecule has 0 saturated heterocycles. The molecule has 1 aromatic heterocycles. The maximum absolute atomic E-state index is 11.2. The Morgan fingerprint density at radius 3 is 2.80 bits per heavy atom. The van der Waals surface area contributed by atoms with Crippen LogP contribution in [0.2, 0.25) is 5.02 Å². The quantitative estimate of drug-likeness (QED) is 0.888. The van der Waals surface area contributed by atoms with Gasteiger partial charge in [0.05, 0.1) is 5.69 Å². The standard InChI is InChI=1S/C14H15ClN2O3/c1-9-4-5-11(7-12(9)15)17-8-10(3-2-6-18)13(16-17)14(19)20/h4-5,7-8,18H,2-3,6H2,1H3,(H,19,20).